The first-order valence-corrected chi connectivity index (χ1v) is 22.7. The number of ether oxygens (including phenoxy) is 1. The summed E-state index contributed by atoms with van der Waals surface area (Å²) >= 11 is 0. The van der Waals surface area contributed by atoms with Gasteiger partial charge in [0, 0.05) is 6.61 Å². The van der Waals surface area contributed by atoms with Crippen molar-refractivity contribution < 1.29 is 14.6 Å². The second-order valence-corrected chi connectivity index (χ2v) is 16.1. The van der Waals surface area contributed by atoms with Crippen molar-refractivity contribution in [2.45, 2.75) is 200 Å². The van der Waals surface area contributed by atoms with E-state index in [2.05, 4.69) is 69.3 Å². The Labute approximate surface area is 332 Å². The first kappa shape index (κ1) is 45.5. The minimum Gasteiger partial charge on any atom is -0.478 e. The van der Waals surface area contributed by atoms with Gasteiger partial charge in [0.2, 0.25) is 0 Å². The largest absolute Gasteiger partial charge is 0.478 e. The number of carboxylic acid groups (broad SMARTS) is 1. The monoisotopic (exact) mass is 739 g/mol. The molecule has 0 saturated carbocycles. The van der Waals surface area contributed by atoms with Crippen LogP contribution in [0.15, 0.2) is 66.7 Å². The van der Waals surface area contributed by atoms with E-state index in [0.29, 0.717) is 5.56 Å². The lowest BCUT2D eigenvalue weighted by atomic mass is 9.90. The molecule has 3 heteroatoms. The Morgan fingerprint density at radius 2 is 0.963 bits per heavy atom. The van der Waals surface area contributed by atoms with Gasteiger partial charge in [0.1, 0.15) is 0 Å². The third kappa shape index (κ3) is 18.6. The molecule has 0 aromatic heterocycles. The quantitative estimate of drug-likeness (QED) is 0.0633. The molecule has 0 spiro atoms. The van der Waals surface area contributed by atoms with Gasteiger partial charge in [0.05, 0.1) is 11.7 Å². The Balaban J connectivity index is 1.39. The maximum absolute atomic E-state index is 12.4. The summed E-state index contributed by atoms with van der Waals surface area (Å²) in [6.07, 6.45) is 36.2. The van der Waals surface area contributed by atoms with Crippen molar-refractivity contribution in [2.24, 2.45) is 0 Å². The first-order chi connectivity index (χ1) is 26.5. The van der Waals surface area contributed by atoms with Gasteiger partial charge in [-0.1, -0.05) is 223 Å². The molecule has 0 aliphatic rings. The van der Waals surface area contributed by atoms with Crippen LogP contribution in [-0.2, 0) is 11.2 Å². The molecule has 0 saturated heterocycles. The molecule has 1 atom stereocenters. The van der Waals surface area contributed by atoms with Gasteiger partial charge in [0.15, 0.2) is 0 Å². The Morgan fingerprint density at radius 1 is 0.519 bits per heavy atom. The highest BCUT2D eigenvalue weighted by atomic mass is 16.5. The fourth-order valence-electron chi connectivity index (χ4n) is 7.89. The molecule has 1 unspecified atom stereocenters. The summed E-state index contributed by atoms with van der Waals surface area (Å²) in [6.45, 7) is 7.52. The van der Waals surface area contributed by atoms with Gasteiger partial charge in [-0.3, -0.25) is 0 Å². The van der Waals surface area contributed by atoms with Gasteiger partial charge >= 0.3 is 5.97 Å². The minimum atomic E-state index is -0.879. The molecule has 0 bridgehead atoms. The molecule has 0 heterocycles. The van der Waals surface area contributed by atoms with E-state index >= 15 is 0 Å². The lowest BCUT2D eigenvalue weighted by Gasteiger charge is -2.16. The highest BCUT2D eigenvalue weighted by molar-refractivity contribution is 5.97. The molecular weight excluding hydrogens is 661 g/mol. The lowest BCUT2D eigenvalue weighted by Crippen LogP contribution is -2.02. The number of aromatic carboxylic acids is 1. The standard InChI is InChI=1S/C51H78O3/c1-4-6-8-10-12-14-16-17-18-19-20-21-23-25-27-31-41-54-43(3)44-35-37-45(38-36-44)47-39-40-49(51(52)53)50(42-47)48-34-30-29-33-46(48)32-28-26-24-22-15-13-11-9-7-5-2/h29-30,33-40,42-43H,4-28,31-32,41H2,1-3H3,(H,52,53). The van der Waals surface area contributed by atoms with Gasteiger partial charge in [-0.2, -0.15) is 0 Å². The van der Waals surface area contributed by atoms with Crippen LogP contribution in [0.1, 0.15) is 215 Å². The fourth-order valence-corrected chi connectivity index (χ4v) is 7.89. The van der Waals surface area contributed by atoms with Crippen LogP contribution >= 0.6 is 0 Å². The molecule has 1 N–H and O–H groups in total. The van der Waals surface area contributed by atoms with Gasteiger partial charge < -0.3 is 9.84 Å². The van der Waals surface area contributed by atoms with Crippen molar-refractivity contribution >= 4 is 5.97 Å². The van der Waals surface area contributed by atoms with Crippen LogP contribution < -0.4 is 0 Å². The van der Waals surface area contributed by atoms with E-state index in [9.17, 15) is 9.90 Å². The molecule has 0 radical (unpaired) electrons. The number of hydrogen-bond acceptors (Lipinski definition) is 2. The van der Waals surface area contributed by atoms with Crippen LogP contribution in [0.5, 0.6) is 0 Å². The Kier molecular flexibility index (Phi) is 24.8. The maximum Gasteiger partial charge on any atom is 0.336 e. The van der Waals surface area contributed by atoms with Crippen LogP contribution in [0.25, 0.3) is 22.3 Å². The highest BCUT2D eigenvalue weighted by Crippen LogP contribution is 2.33. The number of unbranched alkanes of at least 4 members (excludes halogenated alkanes) is 24. The summed E-state index contributed by atoms with van der Waals surface area (Å²) < 4.78 is 6.24. The molecule has 3 aromatic rings. The number of hydrogen-bond donors (Lipinski definition) is 1. The summed E-state index contributed by atoms with van der Waals surface area (Å²) in [7, 11) is 0. The molecule has 3 nitrogen and oxygen atoms in total. The molecule has 3 aromatic carbocycles. The Bertz CT molecular complexity index is 1380. The Morgan fingerprint density at radius 3 is 1.46 bits per heavy atom. The Hall–Kier alpha value is -2.91. The van der Waals surface area contributed by atoms with Gasteiger partial charge in [-0.15, -0.1) is 0 Å². The van der Waals surface area contributed by atoms with Crippen molar-refractivity contribution in [3.8, 4) is 22.3 Å². The summed E-state index contributed by atoms with van der Waals surface area (Å²) in [5.41, 5.74) is 6.76. The van der Waals surface area contributed by atoms with E-state index in [1.165, 1.54) is 165 Å². The molecule has 0 fully saturated rings. The lowest BCUT2D eigenvalue weighted by molar-refractivity contribution is 0.0627. The van der Waals surface area contributed by atoms with Crippen LogP contribution in [0.3, 0.4) is 0 Å². The topological polar surface area (TPSA) is 46.5 Å². The van der Waals surface area contributed by atoms with E-state index in [4.69, 9.17) is 4.74 Å². The first-order valence-electron chi connectivity index (χ1n) is 22.7. The number of carboxylic acids is 1. The van der Waals surface area contributed by atoms with Crippen molar-refractivity contribution in [1.82, 2.24) is 0 Å². The fraction of sp³-hybridized carbons (Fsp3) is 0.627. The predicted molar refractivity (Wildman–Crippen MR) is 234 cm³/mol. The van der Waals surface area contributed by atoms with E-state index in [0.717, 1.165) is 48.1 Å². The zero-order valence-electron chi connectivity index (χ0n) is 35.0. The van der Waals surface area contributed by atoms with E-state index < -0.39 is 5.97 Å². The van der Waals surface area contributed by atoms with Crippen molar-refractivity contribution in [2.75, 3.05) is 6.61 Å². The maximum atomic E-state index is 12.4. The number of benzene rings is 3. The van der Waals surface area contributed by atoms with Gasteiger partial charge in [-0.05, 0) is 71.7 Å². The molecular formula is C51H78O3. The zero-order chi connectivity index (χ0) is 38.5. The SMILES string of the molecule is CCCCCCCCCCCCCCCCCCOC(C)c1ccc(-c2ccc(C(=O)O)c(-c3ccccc3CCCCCCCCCCCC)c2)cc1. The second-order valence-electron chi connectivity index (χ2n) is 16.1. The normalized spacial score (nSPS) is 12.0. The molecule has 300 valence electrons. The van der Waals surface area contributed by atoms with Crippen molar-refractivity contribution in [3.63, 3.8) is 0 Å². The van der Waals surface area contributed by atoms with E-state index in [-0.39, 0.29) is 6.10 Å². The number of rotatable bonds is 33. The molecule has 54 heavy (non-hydrogen) atoms. The van der Waals surface area contributed by atoms with Crippen molar-refractivity contribution in [1.29, 1.82) is 0 Å². The highest BCUT2D eigenvalue weighted by Gasteiger charge is 2.16. The van der Waals surface area contributed by atoms with Crippen LogP contribution in [0, 0.1) is 0 Å². The summed E-state index contributed by atoms with van der Waals surface area (Å²) in [4.78, 5) is 12.4. The average Bonchev–Trinajstić information content (AvgIpc) is 3.19. The molecule has 0 aliphatic carbocycles. The minimum absolute atomic E-state index is 0.0537. The number of aryl methyl sites for hydroxylation is 1. The van der Waals surface area contributed by atoms with Crippen LogP contribution in [0.4, 0.5) is 0 Å². The molecule has 0 amide bonds. The zero-order valence-corrected chi connectivity index (χ0v) is 35.0. The average molecular weight is 739 g/mol. The summed E-state index contributed by atoms with van der Waals surface area (Å²) in [5, 5.41) is 10.1. The molecule has 0 aliphatic heterocycles. The summed E-state index contributed by atoms with van der Waals surface area (Å²) in [5.74, 6) is -0.879. The predicted octanol–water partition coefficient (Wildman–Crippen LogP) is 16.5. The second kappa shape index (κ2) is 29.4. The molecule has 3 rings (SSSR count). The smallest absolute Gasteiger partial charge is 0.336 e. The van der Waals surface area contributed by atoms with Crippen LogP contribution in [-0.4, -0.2) is 17.7 Å². The van der Waals surface area contributed by atoms with Crippen molar-refractivity contribution in [3.05, 3.63) is 83.4 Å². The third-order valence-corrected chi connectivity index (χ3v) is 11.4. The van der Waals surface area contributed by atoms with Crippen LogP contribution in [0.2, 0.25) is 0 Å². The van der Waals surface area contributed by atoms with Gasteiger partial charge in [-0.25, -0.2) is 4.79 Å². The van der Waals surface area contributed by atoms with Gasteiger partial charge in [0.25, 0.3) is 0 Å². The third-order valence-electron chi connectivity index (χ3n) is 11.4. The van der Waals surface area contributed by atoms with E-state index in [1.54, 1.807) is 6.07 Å². The number of carbonyl (C=O) groups is 1. The van der Waals surface area contributed by atoms with E-state index in [1.807, 2.05) is 12.1 Å². The summed E-state index contributed by atoms with van der Waals surface area (Å²) in [6, 6.07) is 22.8.